The van der Waals surface area contributed by atoms with E-state index in [2.05, 4.69) is 0 Å². The summed E-state index contributed by atoms with van der Waals surface area (Å²) in [4.78, 5) is 24.1. The van der Waals surface area contributed by atoms with E-state index in [0.717, 1.165) is 0 Å². The monoisotopic (exact) mass is 297 g/mol. The van der Waals surface area contributed by atoms with Gasteiger partial charge in [0.2, 0.25) is 0 Å². The second-order valence-electron chi connectivity index (χ2n) is 4.74. The van der Waals surface area contributed by atoms with E-state index in [1.54, 1.807) is 42.5 Å². The Morgan fingerprint density at radius 1 is 1.05 bits per heavy atom. The topological polar surface area (TPSA) is 81.9 Å². The Hall–Kier alpha value is -2.60. The summed E-state index contributed by atoms with van der Waals surface area (Å²) in [6.07, 6.45) is 1.48. The third-order valence-electron chi connectivity index (χ3n) is 3.13. The van der Waals surface area contributed by atoms with E-state index in [-0.39, 0.29) is 22.8 Å². The molecule has 0 aliphatic carbocycles. The van der Waals surface area contributed by atoms with Crippen LogP contribution in [0, 0.1) is 5.21 Å². The zero-order chi connectivity index (χ0) is 16.1. The van der Waals surface area contributed by atoms with Crippen LogP contribution in [0.1, 0.15) is 22.8 Å². The minimum absolute atomic E-state index is 0.0641. The van der Waals surface area contributed by atoms with Crippen molar-refractivity contribution in [2.75, 3.05) is 0 Å². The van der Waals surface area contributed by atoms with Crippen molar-refractivity contribution in [3.63, 3.8) is 0 Å². The zero-order valence-corrected chi connectivity index (χ0v) is 11.9. The number of benzene rings is 2. The van der Waals surface area contributed by atoms with E-state index in [1.807, 2.05) is 0 Å². The summed E-state index contributed by atoms with van der Waals surface area (Å²) in [6, 6.07) is 14.5. The van der Waals surface area contributed by atoms with E-state index >= 15 is 0 Å². The van der Waals surface area contributed by atoms with Gasteiger partial charge in [-0.05, 0) is 30.7 Å². The molecular weight excluding hydrogens is 282 g/mol. The summed E-state index contributed by atoms with van der Waals surface area (Å²) in [5.74, 6) is -0.688. The Morgan fingerprint density at radius 2 is 1.64 bits per heavy atom. The fraction of sp³-hybridized carbons (Fsp3) is 0.0588. The maximum Gasteiger partial charge on any atom is 0.196 e. The van der Waals surface area contributed by atoms with Crippen LogP contribution in [0.15, 0.2) is 60.2 Å². The van der Waals surface area contributed by atoms with E-state index in [9.17, 15) is 14.8 Å². The number of allylic oxidation sites excluding steroid dienone is 1. The molecule has 0 amide bonds. The molecule has 0 saturated heterocycles. The molecule has 0 radical (unpaired) electrons. The molecule has 0 aromatic heterocycles. The van der Waals surface area contributed by atoms with Crippen molar-refractivity contribution in [1.29, 1.82) is 0 Å². The van der Waals surface area contributed by atoms with Crippen LogP contribution in [0.5, 0.6) is 0 Å². The highest BCUT2D eigenvalue weighted by atomic mass is 16.8. The molecule has 5 nitrogen and oxygen atoms in total. The summed E-state index contributed by atoms with van der Waals surface area (Å²) in [5, 5.41) is 18.6. The van der Waals surface area contributed by atoms with Crippen molar-refractivity contribution in [2.45, 2.75) is 6.92 Å². The summed E-state index contributed by atoms with van der Waals surface area (Å²) >= 11 is 0. The number of quaternary nitrogens is 1. The minimum Gasteiger partial charge on any atom is -0.595 e. The molecule has 112 valence electrons. The van der Waals surface area contributed by atoms with Crippen molar-refractivity contribution < 1.29 is 20.0 Å². The standard InChI is InChI=1S/C17H15NO4/c1-12(19)16(17(20)14-5-3-2-4-6-14)11-13-7-9-15(10-8-13)18(21)22/h2-11,18,21H,1H3/b16-11+. The summed E-state index contributed by atoms with van der Waals surface area (Å²) < 4.78 is 0. The van der Waals surface area contributed by atoms with Crippen LogP contribution in [-0.4, -0.2) is 16.8 Å². The second-order valence-corrected chi connectivity index (χ2v) is 4.74. The molecule has 0 aliphatic heterocycles. The van der Waals surface area contributed by atoms with Crippen LogP contribution < -0.4 is 5.23 Å². The Bertz CT molecular complexity index is 703. The number of rotatable bonds is 5. The Balaban J connectivity index is 2.35. The average molecular weight is 297 g/mol. The van der Waals surface area contributed by atoms with E-state index < -0.39 is 5.23 Å². The van der Waals surface area contributed by atoms with Crippen molar-refractivity contribution in [3.05, 3.63) is 76.5 Å². The van der Waals surface area contributed by atoms with Crippen molar-refractivity contribution >= 4 is 23.3 Å². The molecule has 5 heteroatoms. The van der Waals surface area contributed by atoms with Gasteiger partial charge in [0.1, 0.15) is 0 Å². The largest absolute Gasteiger partial charge is 0.595 e. The fourth-order valence-corrected chi connectivity index (χ4v) is 1.96. The minimum atomic E-state index is -1.03. The molecule has 0 fully saturated rings. The lowest BCUT2D eigenvalue weighted by Crippen LogP contribution is -2.99. The van der Waals surface area contributed by atoms with E-state index in [0.29, 0.717) is 11.1 Å². The highest BCUT2D eigenvalue weighted by Gasteiger charge is 2.16. The summed E-state index contributed by atoms with van der Waals surface area (Å²) in [5.41, 5.74) is 1.25. The van der Waals surface area contributed by atoms with Crippen LogP contribution in [0.3, 0.4) is 0 Å². The average Bonchev–Trinajstić information content (AvgIpc) is 2.53. The molecule has 2 aromatic rings. The number of hydrogen-bond acceptors (Lipinski definition) is 4. The number of carbonyl (C=O) groups excluding carboxylic acids is 2. The number of nitrogens with one attached hydrogen (secondary N) is 1. The maximum absolute atomic E-state index is 12.4. The third kappa shape index (κ3) is 3.73. The Kier molecular flexibility index (Phi) is 4.95. The molecule has 0 aliphatic rings. The number of hydrogen-bond donors (Lipinski definition) is 2. The van der Waals surface area contributed by atoms with Gasteiger partial charge in [-0.15, -0.1) is 0 Å². The predicted octanol–water partition coefficient (Wildman–Crippen LogP) is 1.95. The molecule has 0 saturated carbocycles. The number of Topliss-reactive ketones (excluding diaryl/α,β-unsaturated/α-hetero) is 2. The first kappa shape index (κ1) is 15.8. The molecule has 1 atom stereocenters. The number of ketones is 2. The van der Waals surface area contributed by atoms with E-state index in [4.69, 9.17) is 5.21 Å². The SMILES string of the molecule is CC(=O)/C(=C\c1ccc([NH+]([O-])O)cc1)C(=O)c1ccccc1. The quantitative estimate of drug-likeness (QED) is 0.290. The Morgan fingerprint density at radius 3 is 2.14 bits per heavy atom. The van der Waals surface area contributed by atoms with Gasteiger partial charge in [0.25, 0.3) is 0 Å². The van der Waals surface area contributed by atoms with Crippen LogP contribution in [0.25, 0.3) is 6.08 Å². The first-order valence-electron chi connectivity index (χ1n) is 6.65. The Labute approximate surface area is 127 Å². The molecule has 2 N–H and O–H groups in total. The molecule has 2 rings (SSSR count). The second kappa shape index (κ2) is 6.91. The van der Waals surface area contributed by atoms with E-state index in [1.165, 1.54) is 25.1 Å². The third-order valence-corrected chi connectivity index (χ3v) is 3.13. The van der Waals surface area contributed by atoms with Crippen molar-refractivity contribution in [1.82, 2.24) is 0 Å². The lowest BCUT2D eigenvalue weighted by atomic mass is 9.98. The normalized spacial score (nSPS) is 12.8. The van der Waals surface area contributed by atoms with Gasteiger partial charge in [-0.25, -0.2) is 5.21 Å². The fourth-order valence-electron chi connectivity index (χ4n) is 1.96. The highest BCUT2D eigenvalue weighted by molar-refractivity contribution is 6.28. The van der Waals surface area contributed by atoms with Crippen LogP contribution in [-0.2, 0) is 4.79 Å². The smallest absolute Gasteiger partial charge is 0.196 e. The van der Waals surface area contributed by atoms with Gasteiger partial charge in [0, 0.05) is 17.7 Å². The van der Waals surface area contributed by atoms with Crippen LogP contribution >= 0.6 is 0 Å². The summed E-state index contributed by atoms with van der Waals surface area (Å²) in [7, 11) is 0. The molecule has 0 spiro atoms. The van der Waals surface area contributed by atoms with Gasteiger partial charge in [-0.1, -0.05) is 30.3 Å². The first-order valence-corrected chi connectivity index (χ1v) is 6.65. The van der Waals surface area contributed by atoms with Gasteiger partial charge in [-0.2, -0.15) is 5.23 Å². The van der Waals surface area contributed by atoms with Crippen LogP contribution in [0.4, 0.5) is 5.69 Å². The molecule has 0 heterocycles. The molecule has 2 aromatic carbocycles. The molecule has 0 bridgehead atoms. The lowest BCUT2D eigenvalue weighted by Gasteiger charge is -2.11. The van der Waals surface area contributed by atoms with Gasteiger partial charge in [0.15, 0.2) is 17.3 Å². The lowest BCUT2D eigenvalue weighted by molar-refractivity contribution is -0.991. The maximum atomic E-state index is 12.4. The first-order chi connectivity index (χ1) is 10.5. The highest BCUT2D eigenvalue weighted by Crippen LogP contribution is 2.15. The predicted molar refractivity (Wildman–Crippen MR) is 81.6 cm³/mol. The van der Waals surface area contributed by atoms with Gasteiger partial charge in [0.05, 0.1) is 5.57 Å². The van der Waals surface area contributed by atoms with Gasteiger partial charge < -0.3 is 5.21 Å². The molecular formula is C17H15NO4. The molecule has 1 unspecified atom stereocenters. The summed E-state index contributed by atoms with van der Waals surface area (Å²) in [6.45, 7) is 1.33. The molecule has 22 heavy (non-hydrogen) atoms. The van der Waals surface area contributed by atoms with Gasteiger partial charge >= 0.3 is 0 Å². The number of carbonyl (C=O) groups is 2. The van der Waals surface area contributed by atoms with Crippen molar-refractivity contribution in [3.8, 4) is 0 Å². The van der Waals surface area contributed by atoms with Crippen molar-refractivity contribution in [2.24, 2.45) is 0 Å². The zero-order valence-electron chi connectivity index (χ0n) is 11.9. The van der Waals surface area contributed by atoms with Crippen LogP contribution in [0.2, 0.25) is 0 Å². The van der Waals surface area contributed by atoms with Gasteiger partial charge in [-0.3, -0.25) is 9.59 Å².